The number of aliphatic hydroxyl groups is 1. The molecule has 2 aromatic carbocycles. The normalized spacial score (nSPS) is 13.1. The zero-order chi connectivity index (χ0) is 17.8. The molecule has 0 atom stereocenters. The maximum atomic E-state index is 12.4. The van der Waals surface area contributed by atoms with E-state index in [2.05, 4.69) is 5.32 Å². The molecule has 2 aromatic rings. The summed E-state index contributed by atoms with van der Waals surface area (Å²) in [5.41, 5.74) is 1.96. The Morgan fingerprint density at radius 2 is 1.68 bits per heavy atom. The highest BCUT2D eigenvalue weighted by Gasteiger charge is 2.34. The summed E-state index contributed by atoms with van der Waals surface area (Å²) in [6.45, 7) is 0.516. The fourth-order valence-corrected chi connectivity index (χ4v) is 2.76. The molecule has 0 bridgehead atoms. The van der Waals surface area contributed by atoms with Crippen molar-refractivity contribution >= 4 is 17.7 Å². The number of nitrogens with one attached hydrogen (secondary N) is 1. The summed E-state index contributed by atoms with van der Waals surface area (Å²) in [6, 6.07) is 13.6. The Labute approximate surface area is 145 Å². The Morgan fingerprint density at radius 1 is 1.00 bits per heavy atom. The van der Waals surface area contributed by atoms with E-state index in [1.165, 1.54) is 4.90 Å². The first-order valence-electron chi connectivity index (χ1n) is 8.05. The third-order valence-electron chi connectivity index (χ3n) is 4.03. The first-order chi connectivity index (χ1) is 12.1. The zero-order valence-electron chi connectivity index (χ0n) is 13.6. The number of nitrogens with zero attached hydrogens (tertiary/aromatic N) is 1. The van der Waals surface area contributed by atoms with E-state index in [1.54, 1.807) is 48.5 Å². The lowest BCUT2D eigenvalue weighted by atomic mass is 10.1. The summed E-state index contributed by atoms with van der Waals surface area (Å²) in [5, 5.41) is 11.5. The molecule has 0 fully saturated rings. The minimum atomic E-state index is -0.321. The van der Waals surface area contributed by atoms with Crippen LogP contribution < -0.4 is 5.32 Å². The maximum Gasteiger partial charge on any atom is 0.261 e. The molecule has 25 heavy (non-hydrogen) atoms. The van der Waals surface area contributed by atoms with E-state index in [0.29, 0.717) is 35.2 Å². The fourth-order valence-electron chi connectivity index (χ4n) is 2.76. The molecule has 0 spiro atoms. The van der Waals surface area contributed by atoms with Crippen molar-refractivity contribution in [3.05, 3.63) is 70.8 Å². The molecule has 3 rings (SSSR count). The van der Waals surface area contributed by atoms with Gasteiger partial charge in [-0.05, 0) is 36.2 Å². The highest BCUT2D eigenvalue weighted by Crippen LogP contribution is 2.24. The first-order valence-corrected chi connectivity index (χ1v) is 8.05. The Hall–Kier alpha value is -2.99. The van der Waals surface area contributed by atoms with Crippen molar-refractivity contribution in [2.45, 2.75) is 13.0 Å². The topological polar surface area (TPSA) is 86.7 Å². The molecule has 128 valence electrons. The number of carbonyl (C=O) groups excluding carboxylic acids is 3. The largest absolute Gasteiger partial charge is 0.396 e. The summed E-state index contributed by atoms with van der Waals surface area (Å²) in [4.78, 5) is 38.1. The van der Waals surface area contributed by atoms with Crippen molar-refractivity contribution in [3.63, 3.8) is 0 Å². The van der Waals surface area contributed by atoms with Crippen molar-refractivity contribution in [3.8, 4) is 0 Å². The van der Waals surface area contributed by atoms with E-state index in [4.69, 9.17) is 5.11 Å². The van der Waals surface area contributed by atoms with Crippen LogP contribution in [0.25, 0.3) is 0 Å². The number of carbonyl (C=O) groups is 3. The summed E-state index contributed by atoms with van der Waals surface area (Å²) in [5.74, 6) is -0.894. The maximum absolute atomic E-state index is 12.4. The van der Waals surface area contributed by atoms with Gasteiger partial charge in [0.1, 0.15) is 0 Å². The van der Waals surface area contributed by atoms with E-state index in [0.717, 1.165) is 0 Å². The number of aliphatic hydroxyl groups excluding tert-OH is 1. The Balaban J connectivity index is 1.74. The fraction of sp³-hybridized carbons (Fsp3) is 0.211. The van der Waals surface area contributed by atoms with Crippen LogP contribution in [0.3, 0.4) is 0 Å². The molecule has 0 aliphatic carbocycles. The van der Waals surface area contributed by atoms with Crippen LogP contribution in [0, 0.1) is 0 Å². The van der Waals surface area contributed by atoms with Crippen molar-refractivity contribution in [2.75, 3.05) is 13.2 Å². The predicted octanol–water partition coefficient (Wildman–Crippen LogP) is 1.59. The molecule has 1 aliphatic heterocycles. The number of hydrogen-bond acceptors (Lipinski definition) is 4. The van der Waals surface area contributed by atoms with Crippen LogP contribution in [0.15, 0.2) is 48.5 Å². The number of rotatable bonds is 6. The first kappa shape index (κ1) is 16.9. The monoisotopic (exact) mass is 338 g/mol. The Kier molecular flexibility index (Phi) is 4.90. The van der Waals surface area contributed by atoms with Gasteiger partial charge in [0.05, 0.1) is 17.7 Å². The quantitative estimate of drug-likeness (QED) is 0.619. The molecule has 0 aromatic heterocycles. The van der Waals surface area contributed by atoms with Crippen LogP contribution in [0.1, 0.15) is 43.1 Å². The van der Waals surface area contributed by atoms with Crippen LogP contribution in [-0.4, -0.2) is 40.9 Å². The minimum Gasteiger partial charge on any atom is -0.396 e. The van der Waals surface area contributed by atoms with E-state index in [1.807, 2.05) is 0 Å². The standard InChI is InChI=1S/C19H18N2O4/c22-10-4-9-20-17(23)14-6-3-5-13(11-14)12-21-18(24)15-7-1-2-8-16(15)19(21)25/h1-3,5-8,11,22H,4,9-10,12H2,(H,20,23). The summed E-state index contributed by atoms with van der Waals surface area (Å²) in [7, 11) is 0. The minimum absolute atomic E-state index is 0.0140. The second-order valence-corrected chi connectivity index (χ2v) is 5.78. The Morgan fingerprint density at radius 3 is 2.32 bits per heavy atom. The average Bonchev–Trinajstić information content (AvgIpc) is 2.87. The van der Waals surface area contributed by atoms with Gasteiger partial charge < -0.3 is 10.4 Å². The number of hydrogen-bond donors (Lipinski definition) is 2. The number of imide groups is 1. The molecule has 2 N–H and O–H groups in total. The van der Waals surface area contributed by atoms with Crippen LogP contribution in [0.2, 0.25) is 0 Å². The molecule has 0 radical (unpaired) electrons. The highest BCUT2D eigenvalue weighted by molar-refractivity contribution is 6.21. The summed E-state index contributed by atoms with van der Waals surface area (Å²) >= 11 is 0. The molecular formula is C19H18N2O4. The lowest BCUT2D eigenvalue weighted by Gasteiger charge is -2.14. The van der Waals surface area contributed by atoms with Crippen LogP contribution in [0.4, 0.5) is 0 Å². The van der Waals surface area contributed by atoms with Gasteiger partial charge >= 0.3 is 0 Å². The third kappa shape index (κ3) is 3.44. The highest BCUT2D eigenvalue weighted by atomic mass is 16.3. The lowest BCUT2D eigenvalue weighted by Crippen LogP contribution is -2.29. The molecule has 0 saturated heterocycles. The summed E-state index contributed by atoms with van der Waals surface area (Å²) < 4.78 is 0. The molecular weight excluding hydrogens is 320 g/mol. The van der Waals surface area contributed by atoms with E-state index >= 15 is 0 Å². The second-order valence-electron chi connectivity index (χ2n) is 5.78. The lowest BCUT2D eigenvalue weighted by molar-refractivity contribution is 0.0642. The third-order valence-corrected chi connectivity index (χ3v) is 4.03. The van der Waals surface area contributed by atoms with Crippen LogP contribution in [-0.2, 0) is 6.54 Å². The van der Waals surface area contributed by atoms with Crippen LogP contribution in [0.5, 0.6) is 0 Å². The van der Waals surface area contributed by atoms with Gasteiger partial charge in [-0.2, -0.15) is 0 Å². The molecule has 6 nitrogen and oxygen atoms in total. The van der Waals surface area contributed by atoms with Gasteiger partial charge in [0.15, 0.2) is 0 Å². The molecule has 0 saturated carbocycles. The van der Waals surface area contributed by atoms with Crippen molar-refractivity contribution in [2.24, 2.45) is 0 Å². The van der Waals surface area contributed by atoms with E-state index in [-0.39, 0.29) is 30.9 Å². The van der Waals surface area contributed by atoms with Gasteiger partial charge in [-0.3, -0.25) is 19.3 Å². The smallest absolute Gasteiger partial charge is 0.261 e. The molecule has 1 aliphatic rings. The van der Waals surface area contributed by atoms with Gasteiger partial charge in [0.25, 0.3) is 17.7 Å². The SMILES string of the molecule is O=C(NCCCO)c1cccc(CN2C(=O)c3ccccc3C2=O)c1. The van der Waals surface area contributed by atoms with E-state index in [9.17, 15) is 14.4 Å². The van der Waals surface area contributed by atoms with Gasteiger partial charge in [-0.1, -0.05) is 24.3 Å². The molecule has 6 heteroatoms. The van der Waals surface area contributed by atoms with Gasteiger partial charge in [-0.15, -0.1) is 0 Å². The number of amides is 3. The molecule has 3 amide bonds. The molecule has 1 heterocycles. The second kappa shape index (κ2) is 7.27. The van der Waals surface area contributed by atoms with E-state index < -0.39 is 0 Å². The summed E-state index contributed by atoms with van der Waals surface area (Å²) in [6.07, 6.45) is 0.487. The average molecular weight is 338 g/mol. The number of fused-ring (bicyclic) bond motifs is 1. The van der Waals surface area contributed by atoms with Gasteiger partial charge in [-0.25, -0.2) is 0 Å². The van der Waals surface area contributed by atoms with Crippen molar-refractivity contribution in [1.29, 1.82) is 0 Å². The molecule has 0 unspecified atom stereocenters. The van der Waals surface area contributed by atoms with Crippen molar-refractivity contribution < 1.29 is 19.5 Å². The predicted molar refractivity (Wildman–Crippen MR) is 91.1 cm³/mol. The van der Waals surface area contributed by atoms with Gasteiger partial charge in [0.2, 0.25) is 0 Å². The van der Waals surface area contributed by atoms with Crippen molar-refractivity contribution in [1.82, 2.24) is 10.2 Å². The Bertz CT molecular complexity index is 797. The zero-order valence-corrected chi connectivity index (χ0v) is 13.6. The van der Waals surface area contributed by atoms with Gasteiger partial charge in [0, 0.05) is 18.7 Å². The number of benzene rings is 2. The van der Waals surface area contributed by atoms with Crippen LogP contribution >= 0.6 is 0 Å².